The predicted molar refractivity (Wildman–Crippen MR) is 71.8 cm³/mol. The van der Waals surface area contributed by atoms with E-state index >= 15 is 0 Å². The van der Waals surface area contributed by atoms with Gasteiger partial charge in [0.1, 0.15) is 5.54 Å². The topological polar surface area (TPSA) is 78.5 Å². The highest BCUT2D eigenvalue weighted by Gasteiger charge is 2.52. The maximum atomic E-state index is 12.6. The second kappa shape index (κ2) is 5.07. The van der Waals surface area contributed by atoms with E-state index < -0.39 is 11.6 Å². The monoisotopic (exact) mass is 279 g/mol. The number of amides is 4. The van der Waals surface area contributed by atoms with E-state index in [1.54, 1.807) is 4.90 Å². The minimum atomic E-state index is -0.878. The lowest BCUT2D eigenvalue weighted by Gasteiger charge is -2.24. The highest BCUT2D eigenvalue weighted by atomic mass is 16.2. The van der Waals surface area contributed by atoms with Crippen molar-refractivity contribution in [1.29, 1.82) is 0 Å². The Balaban J connectivity index is 1.66. The molecular weight excluding hydrogens is 258 g/mol. The Bertz CT molecular complexity index is 443. The molecule has 1 aliphatic carbocycles. The molecule has 1 spiro atoms. The largest absolute Gasteiger partial charge is 0.339 e. The summed E-state index contributed by atoms with van der Waals surface area (Å²) in [5.41, 5.74) is -0.878. The van der Waals surface area contributed by atoms with Crippen molar-refractivity contribution in [1.82, 2.24) is 15.5 Å². The molecule has 110 valence electrons. The van der Waals surface area contributed by atoms with Crippen LogP contribution < -0.4 is 10.6 Å². The van der Waals surface area contributed by atoms with E-state index in [2.05, 4.69) is 10.6 Å². The molecule has 6 heteroatoms. The van der Waals surface area contributed by atoms with Crippen LogP contribution in [0.15, 0.2) is 0 Å². The van der Waals surface area contributed by atoms with Gasteiger partial charge in [0.05, 0.1) is 6.54 Å². The molecule has 20 heavy (non-hydrogen) atoms. The summed E-state index contributed by atoms with van der Waals surface area (Å²) in [6, 6.07) is -0.446. The van der Waals surface area contributed by atoms with Gasteiger partial charge in [0.15, 0.2) is 0 Å². The quantitative estimate of drug-likeness (QED) is 0.549. The van der Waals surface area contributed by atoms with Crippen LogP contribution in [0.1, 0.15) is 44.9 Å². The SMILES string of the molecule is O=C1NC(=O)[C@]2(CCN(C(=O)C3CCCCCC3)C2)N1. The van der Waals surface area contributed by atoms with Gasteiger partial charge in [-0.05, 0) is 19.3 Å². The fraction of sp³-hybridized carbons (Fsp3) is 0.786. The first-order chi connectivity index (χ1) is 9.61. The van der Waals surface area contributed by atoms with Crippen molar-refractivity contribution in [3.8, 4) is 0 Å². The van der Waals surface area contributed by atoms with Gasteiger partial charge in [-0.15, -0.1) is 0 Å². The van der Waals surface area contributed by atoms with E-state index in [-0.39, 0.29) is 17.7 Å². The number of rotatable bonds is 1. The molecule has 0 aromatic heterocycles. The Morgan fingerprint density at radius 2 is 1.85 bits per heavy atom. The number of likely N-dealkylation sites (tertiary alicyclic amines) is 1. The summed E-state index contributed by atoms with van der Waals surface area (Å²) in [7, 11) is 0. The summed E-state index contributed by atoms with van der Waals surface area (Å²) < 4.78 is 0. The third kappa shape index (κ3) is 2.27. The molecule has 1 atom stereocenters. The fourth-order valence-electron chi connectivity index (χ4n) is 3.60. The lowest BCUT2D eigenvalue weighted by molar-refractivity contribution is -0.135. The summed E-state index contributed by atoms with van der Waals surface area (Å²) in [6.45, 7) is 0.878. The average molecular weight is 279 g/mol. The molecule has 3 rings (SSSR count). The van der Waals surface area contributed by atoms with Gasteiger partial charge in [0.25, 0.3) is 5.91 Å². The first-order valence-corrected chi connectivity index (χ1v) is 7.53. The number of nitrogens with zero attached hydrogens (tertiary/aromatic N) is 1. The first kappa shape index (κ1) is 13.4. The third-order valence-electron chi connectivity index (χ3n) is 4.80. The van der Waals surface area contributed by atoms with Crippen LogP contribution in [0.2, 0.25) is 0 Å². The van der Waals surface area contributed by atoms with Crippen LogP contribution in [-0.2, 0) is 9.59 Å². The normalized spacial score (nSPS) is 31.3. The Hall–Kier alpha value is -1.59. The summed E-state index contributed by atoms with van der Waals surface area (Å²) in [4.78, 5) is 37.5. The smallest absolute Gasteiger partial charge is 0.322 e. The lowest BCUT2D eigenvalue weighted by atomic mass is 9.98. The molecular formula is C14H21N3O3. The number of nitrogens with one attached hydrogen (secondary N) is 2. The average Bonchev–Trinajstić information content (AvgIpc) is 2.82. The van der Waals surface area contributed by atoms with Gasteiger partial charge in [-0.2, -0.15) is 0 Å². The summed E-state index contributed by atoms with van der Waals surface area (Å²) in [5, 5.41) is 4.96. The molecule has 0 bridgehead atoms. The minimum Gasteiger partial charge on any atom is -0.339 e. The van der Waals surface area contributed by atoms with Crippen LogP contribution in [0.4, 0.5) is 4.79 Å². The molecule has 3 fully saturated rings. The fourth-order valence-corrected chi connectivity index (χ4v) is 3.60. The highest BCUT2D eigenvalue weighted by Crippen LogP contribution is 2.29. The lowest BCUT2D eigenvalue weighted by Crippen LogP contribution is -2.50. The third-order valence-corrected chi connectivity index (χ3v) is 4.80. The van der Waals surface area contributed by atoms with Gasteiger partial charge in [0, 0.05) is 12.5 Å². The van der Waals surface area contributed by atoms with Crippen molar-refractivity contribution in [2.75, 3.05) is 13.1 Å². The summed E-state index contributed by atoms with van der Waals surface area (Å²) in [5.74, 6) is -0.0239. The van der Waals surface area contributed by atoms with Gasteiger partial charge < -0.3 is 10.2 Å². The molecule has 2 saturated heterocycles. The van der Waals surface area contributed by atoms with Crippen LogP contribution in [0.25, 0.3) is 0 Å². The zero-order valence-electron chi connectivity index (χ0n) is 11.6. The molecule has 0 aromatic carbocycles. The number of imide groups is 1. The molecule has 2 aliphatic heterocycles. The van der Waals surface area contributed by atoms with E-state index in [0.29, 0.717) is 19.5 Å². The molecule has 1 saturated carbocycles. The molecule has 2 N–H and O–H groups in total. The number of carbonyl (C=O) groups excluding carboxylic acids is 3. The predicted octanol–water partition coefficient (Wildman–Crippen LogP) is 0.767. The Kier molecular flexibility index (Phi) is 3.40. The number of carbonyl (C=O) groups is 3. The standard InChI is InChI=1S/C14H21N3O3/c18-11(10-5-3-1-2-4-6-10)17-8-7-14(9-17)12(19)15-13(20)16-14/h10H,1-9H2,(H2,15,16,19,20)/t14-/m1/s1. The first-order valence-electron chi connectivity index (χ1n) is 7.53. The Labute approximate surface area is 118 Å². The van der Waals surface area contributed by atoms with Crippen LogP contribution in [0.5, 0.6) is 0 Å². The van der Waals surface area contributed by atoms with Crippen molar-refractivity contribution in [2.45, 2.75) is 50.5 Å². The second-order valence-corrected chi connectivity index (χ2v) is 6.19. The van der Waals surface area contributed by atoms with Crippen molar-refractivity contribution in [2.24, 2.45) is 5.92 Å². The van der Waals surface area contributed by atoms with E-state index in [0.717, 1.165) is 25.7 Å². The maximum Gasteiger partial charge on any atom is 0.322 e. The van der Waals surface area contributed by atoms with Gasteiger partial charge in [-0.1, -0.05) is 25.7 Å². The van der Waals surface area contributed by atoms with Crippen LogP contribution >= 0.6 is 0 Å². The van der Waals surface area contributed by atoms with Gasteiger partial charge in [0.2, 0.25) is 5.91 Å². The Morgan fingerprint density at radius 3 is 2.45 bits per heavy atom. The number of hydrogen-bond acceptors (Lipinski definition) is 3. The molecule has 0 unspecified atom stereocenters. The van der Waals surface area contributed by atoms with Gasteiger partial charge in [-0.3, -0.25) is 14.9 Å². The molecule has 0 radical (unpaired) electrons. The van der Waals surface area contributed by atoms with Gasteiger partial charge in [-0.25, -0.2) is 4.79 Å². The zero-order chi connectivity index (χ0) is 14.2. The molecule has 3 aliphatic rings. The van der Waals surface area contributed by atoms with E-state index in [1.165, 1.54) is 12.8 Å². The van der Waals surface area contributed by atoms with E-state index in [4.69, 9.17) is 0 Å². The van der Waals surface area contributed by atoms with E-state index in [1.807, 2.05) is 0 Å². The number of urea groups is 1. The maximum absolute atomic E-state index is 12.6. The molecule has 4 amide bonds. The molecule has 6 nitrogen and oxygen atoms in total. The van der Waals surface area contributed by atoms with Crippen LogP contribution in [0.3, 0.4) is 0 Å². The van der Waals surface area contributed by atoms with Crippen LogP contribution in [0, 0.1) is 5.92 Å². The Morgan fingerprint density at radius 1 is 1.15 bits per heavy atom. The van der Waals surface area contributed by atoms with Gasteiger partial charge >= 0.3 is 6.03 Å². The summed E-state index contributed by atoms with van der Waals surface area (Å²) >= 11 is 0. The minimum absolute atomic E-state index is 0.104. The zero-order valence-corrected chi connectivity index (χ0v) is 11.6. The van der Waals surface area contributed by atoms with Crippen molar-refractivity contribution < 1.29 is 14.4 Å². The second-order valence-electron chi connectivity index (χ2n) is 6.19. The number of hydrogen-bond donors (Lipinski definition) is 2. The van der Waals surface area contributed by atoms with E-state index in [9.17, 15) is 14.4 Å². The van der Waals surface area contributed by atoms with Crippen molar-refractivity contribution >= 4 is 17.8 Å². The highest BCUT2D eigenvalue weighted by molar-refractivity contribution is 6.07. The van der Waals surface area contributed by atoms with Crippen molar-refractivity contribution in [3.63, 3.8) is 0 Å². The van der Waals surface area contributed by atoms with Crippen LogP contribution in [-0.4, -0.2) is 41.4 Å². The van der Waals surface area contributed by atoms with Crippen molar-refractivity contribution in [3.05, 3.63) is 0 Å². The summed E-state index contributed by atoms with van der Waals surface area (Å²) in [6.07, 6.45) is 7.10. The molecule has 2 heterocycles. The molecule has 0 aromatic rings.